The lowest BCUT2D eigenvalue weighted by molar-refractivity contribution is -0.131. The van der Waals surface area contributed by atoms with Gasteiger partial charge in [-0.05, 0) is 17.9 Å². The molecule has 1 N–H and O–H groups in total. The van der Waals surface area contributed by atoms with Crippen LogP contribution >= 0.6 is 11.3 Å². The molecule has 20 heavy (non-hydrogen) atoms. The van der Waals surface area contributed by atoms with Gasteiger partial charge >= 0.3 is 0 Å². The highest BCUT2D eigenvalue weighted by Crippen LogP contribution is 2.13. The first-order valence-electron chi connectivity index (χ1n) is 6.85. The van der Waals surface area contributed by atoms with Crippen molar-refractivity contribution in [3.05, 3.63) is 22.4 Å². The van der Waals surface area contributed by atoms with Gasteiger partial charge in [0.05, 0.1) is 6.54 Å². The van der Waals surface area contributed by atoms with Crippen molar-refractivity contribution in [3.8, 4) is 0 Å². The van der Waals surface area contributed by atoms with E-state index in [1.807, 2.05) is 45.3 Å². The van der Waals surface area contributed by atoms with Crippen LogP contribution in [-0.4, -0.2) is 30.3 Å². The van der Waals surface area contributed by atoms with Crippen LogP contribution in [0.1, 0.15) is 38.5 Å². The van der Waals surface area contributed by atoms with Gasteiger partial charge in [-0.3, -0.25) is 9.59 Å². The van der Waals surface area contributed by atoms with E-state index in [2.05, 4.69) is 5.32 Å². The smallest absolute Gasteiger partial charge is 0.225 e. The fourth-order valence-corrected chi connectivity index (χ4v) is 2.38. The zero-order valence-corrected chi connectivity index (χ0v) is 13.5. The van der Waals surface area contributed by atoms with E-state index < -0.39 is 0 Å². The number of amides is 2. The Bertz CT molecular complexity index is 435. The fraction of sp³-hybridized carbons (Fsp3) is 0.600. The molecule has 2 amide bonds. The highest BCUT2D eigenvalue weighted by molar-refractivity contribution is 7.09. The number of nitrogens with zero attached hydrogens (tertiary/aromatic N) is 1. The van der Waals surface area contributed by atoms with Gasteiger partial charge in [0, 0.05) is 30.3 Å². The van der Waals surface area contributed by atoms with Crippen molar-refractivity contribution in [2.24, 2.45) is 5.41 Å². The van der Waals surface area contributed by atoms with Gasteiger partial charge in [0.2, 0.25) is 11.8 Å². The highest BCUT2D eigenvalue weighted by atomic mass is 32.1. The van der Waals surface area contributed by atoms with Crippen molar-refractivity contribution in [2.45, 2.75) is 40.2 Å². The number of carbonyl (C=O) groups excluding carboxylic acids is 2. The zero-order chi connectivity index (χ0) is 15.2. The van der Waals surface area contributed by atoms with Crippen LogP contribution in [-0.2, 0) is 16.1 Å². The molecule has 0 spiro atoms. The lowest BCUT2D eigenvalue weighted by Gasteiger charge is -2.18. The number of hydrogen-bond acceptors (Lipinski definition) is 3. The Kier molecular flexibility index (Phi) is 6.20. The number of carbonyl (C=O) groups is 2. The molecule has 0 saturated carbocycles. The summed E-state index contributed by atoms with van der Waals surface area (Å²) in [5.41, 5.74) is -0.375. The molecule has 5 heteroatoms. The first kappa shape index (κ1) is 16.7. The molecule has 0 saturated heterocycles. The maximum Gasteiger partial charge on any atom is 0.225 e. The summed E-state index contributed by atoms with van der Waals surface area (Å²) >= 11 is 1.65. The molecule has 0 radical (unpaired) electrons. The Morgan fingerprint density at radius 1 is 1.35 bits per heavy atom. The lowest BCUT2D eigenvalue weighted by atomic mass is 9.96. The standard InChI is InChI=1S/C15H24N2O2S/c1-15(2,3)14(19)16-9-5-8-13(18)17(4)11-12-7-6-10-20-12/h6-7,10H,5,8-9,11H2,1-4H3,(H,16,19). The molecule has 0 aromatic carbocycles. The van der Waals surface area contributed by atoms with Crippen LogP contribution in [0.15, 0.2) is 17.5 Å². The molecule has 0 atom stereocenters. The van der Waals surface area contributed by atoms with Crippen molar-refractivity contribution in [1.82, 2.24) is 10.2 Å². The molecule has 0 fully saturated rings. The van der Waals surface area contributed by atoms with Crippen LogP contribution in [0.4, 0.5) is 0 Å². The van der Waals surface area contributed by atoms with Crippen LogP contribution in [0.5, 0.6) is 0 Å². The monoisotopic (exact) mass is 296 g/mol. The van der Waals surface area contributed by atoms with E-state index in [1.165, 1.54) is 4.88 Å². The maximum absolute atomic E-state index is 11.9. The lowest BCUT2D eigenvalue weighted by Crippen LogP contribution is -2.35. The predicted molar refractivity (Wildman–Crippen MR) is 82.5 cm³/mol. The van der Waals surface area contributed by atoms with Gasteiger partial charge in [0.25, 0.3) is 0 Å². The third-order valence-corrected chi connectivity index (χ3v) is 3.79. The van der Waals surface area contributed by atoms with E-state index in [-0.39, 0.29) is 17.2 Å². The molecule has 0 unspecified atom stereocenters. The van der Waals surface area contributed by atoms with Crippen molar-refractivity contribution >= 4 is 23.2 Å². The van der Waals surface area contributed by atoms with Gasteiger partial charge in [-0.2, -0.15) is 0 Å². The van der Waals surface area contributed by atoms with Gasteiger partial charge in [0.1, 0.15) is 0 Å². The Morgan fingerprint density at radius 3 is 2.60 bits per heavy atom. The number of rotatable bonds is 6. The minimum absolute atomic E-state index is 0.0249. The Labute approximate surface area is 125 Å². The number of nitrogens with one attached hydrogen (secondary N) is 1. The first-order chi connectivity index (χ1) is 9.30. The van der Waals surface area contributed by atoms with Crippen molar-refractivity contribution in [3.63, 3.8) is 0 Å². The van der Waals surface area contributed by atoms with Gasteiger partial charge in [-0.25, -0.2) is 0 Å². The van der Waals surface area contributed by atoms with E-state index in [0.717, 1.165) is 0 Å². The molecule has 0 aliphatic carbocycles. The molecular formula is C15H24N2O2S. The molecule has 4 nitrogen and oxygen atoms in total. The van der Waals surface area contributed by atoms with Gasteiger partial charge in [-0.15, -0.1) is 11.3 Å². The van der Waals surface area contributed by atoms with Crippen LogP contribution in [0.2, 0.25) is 0 Å². The average molecular weight is 296 g/mol. The summed E-state index contributed by atoms with van der Waals surface area (Å²) in [6, 6.07) is 4.01. The summed E-state index contributed by atoms with van der Waals surface area (Å²) in [6.07, 6.45) is 1.14. The molecule has 1 aromatic heterocycles. The van der Waals surface area contributed by atoms with Gasteiger partial charge in [-0.1, -0.05) is 26.8 Å². The quantitative estimate of drug-likeness (QED) is 0.820. The fourth-order valence-electron chi connectivity index (χ4n) is 1.62. The van der Waals surface area contributed by atoms with Crippen LogP contribution < -0.4 is 5.32 Å². The van der Waals surface area contributed by atoms with E-state index in [9.17, 15) is 9.59 Å². The minimum atomic E-state index is -0.375. The number of thiophene rings is 1. The second-order valence-corrected chi connectivity index (χ2v) is 6.97. The molecular weight excluding hydrogens is 272 g/mol. The Balaban J connectivity index is 2.21. The largest absolute Gasteiger partial charge is 0.356 e. The van der Waals surface area contributed by atoms with Crippen LogP contribution in [0.3, 0.4) is 0 Å². The SMILES string of the molecule is CN(Cc1cccs1)C(=O)CCCNC(=O)C(C)(C)C. The van der Waals surface area contributed by atoms with E-state index in [1.54, 1.807) is 16.2 Å². The molecule has 112 valence electrons. The molecule has 1 rings (SSSR count). The van der Waals surface area contributed by atoms with Crippen molar-refractivity contribution in [2.75, 3.05) is 13.6 Å². The normalized spacial score (nSPS) is 11.2. The number of hydrogen-bond donors (Lipinski definition) is 1. The third kappa shape index (κ3) is 5.74. The summed E-state index contributed by atoms with van der Waals surface area (Å²) in [4.78, 5) is 26.5. The summed E-state index contributed by atoms with van der Waals surface area (Å²) in [7, 11) is 1.82. The second-order valence-electron chi connectivity index (χ2n) is 5.94. The summed E-state index contributed by atoms with van der Waals surface area (Å²) in [5.74, 6) is 0.139. The minimum Gasteiger partial charge on any atom is -0.356 e. The van der Waals surface area contributed by atoms with Gasteiger partial charge < -0.3 is 10.2 Å². The molecule has 1 aromatic rings. The van der Waals surface area contributed by atoms with Crippen molar-refractivity contribution in [1.29, 1.82) is 0 Å². The second kappa shape index (κ2) is 7.43. The van der Waals surface area contributed by atoms with Crippen molar-refractivity contribution < 1.29 is 9.59 Å². The highest BCUT2D eigenvalue weighted by Gasteiger charge is 2.20. The van der Waals surface area contributed by atoms with Crippen LogP contribution in [0.25, 0.3) is 0 Å². The maximum atomic E-state index is 11.9. The van der Waals surface area contributed by atoms with Gasteiger partial charge in [0.15, 0.2) is 0 Å². The zero-order valence-electron chi connectivity index (χ0n) is 12.7. The summed E-state index contributed by atoms with van der Waals surface area (Å²) in [5, 5.41) is 4.86. The van der Waals surface area contributed by atoms with E-state index in [4.69, 9.17) is 0 Å². The molecule has 1 heterocycles. The molecule has 0 aliphatic heterocycles. The first-order valence-corrected chi connectivity index (χ1v) is 7.73. The van der Waals surface area contributed by atoms with E-state index >= 15 is 0 Å². The van der Waals surface area contributed by atoms with E-state index in [0.29, 0.717) is 25.9 Å². The topological polar surface area (TPSA) is 49.4 Å². The molecule has 0 bridgehead atoms. The average Bonchev–Trinajstić information content (AvgIpc) is 2.85. The van der Waals surface area contributed by atoms with Crippen LogP contribution in [0, 0.1) is 5.41 Å². The molecule has 0 aliphatic rings. The summed E-state index contributed by atoms with van der Waals surface area (Å²) in [6.45, 7) is 6.84. The summed E-state index contributed by atoms with van der Waals surface area (Å²) < 4.78 is 0. The Hall–Kier alpha value is -1.36. The predicted octanol–water partition coefficient (Wildman–Crippen LogP) is 2.65. The third-order valence-electron chi connectivity index (χ3n) is 2.93. The Morgan fingerprint density at radius 2 is 2.05 bits per heavy atom.